The van der Waals surface area contributed by atoms with Crippen molar-refractivity contribution in [2.24, 2.45) is 0 Å². The molecule has 2 aromatic carbocycles. The van der Waals surface area contributed by atoms with Crippen molar-refractivity contribution in [2.45, 2.75) is 12.2 Å². The van der Waals surface area contributed by atoms with Crippen LogP contribution in [0.5, 0.6) is 0 Å². The third kappa shape index (κ3) is 1.29. The van der Waals surface area contributed by atoms with Crippen LogP contribution in [0.4, 0.5) is 0 Å². The summed E-state index contributed by atoms with van der Waals surface area (Å²) in [5.74, 6) is 1.71. The topological polar surface area (TPSA) is 13.1 Å². The molecule has 1 aliphatic rings. The average molecular weight is 232 g/mol. The van der Waals surface area contributed by atoms with Crippen LogP contribution in [0.2, 0.25) is 5.82 Å². The number of rotatable bonds is 0. The summed E-state index contributed by atoms with van der Waals surface area (Å²) in [6.45, 7) is 0. The lowest BCUT2D eigenvalue weighted by atomic mass is 9.79. The standard InChI is InChI=1S/C16H13BO/c17-11-6-8-13-14-7-5-10-3-1-2-4-12(10)16(14)18-15(13)9-11/h1-8,11H,9,17H2. The van der Waals surface area contributed by atoms with Crippen molar-refractivity contribution in [2.75, 3.05) is 0 Å². The minimum atomic E-state index is 0.573. The van der Waals surface area contributed by atoms with Gasteiger partial charge >= 0.3 is 0 Å². The quantitative estimate of drug-likeness (QED) is 0.540. The lowest BCUT2D eigenvalue weighted by Gasteiger charge is -2.09. The first-order chi connectivity index (χ1) is 8.83. The summed E-state index contributed by atoms with van der Waals surface area (Å²) in [7, 11) is 2.23. The van der Waals surface area contributed by atoms with E-state index in [9.17, 15) is 0 Å². The van der Waals surface area contributed by atoms with E-state index in [0.29, 0.717) is 5.82 Å². The first-order valence-electron chi connectivity index (χ1n) is 6.44. The fourth-order valence-corrected chi connectivity index (χ4v) is 2.85. The van der Waals surface area contributed by atoms with E-state index in [2.05, 4.69) is 56.4 Å². The molecule has 0 saturated carbocycles. The Morgan fingerprint density at radius 3 is 2.89 bits per heavy atom. The summed E-state index contributed by atoms with van der Waals surface area (Å²) in [6.07, 6.45) is 5.49. The first-order valence-corrected chi connectivity index (χ1v) is 6.44. The minimum absolute atomic E-state index is 0.573. The molecule has 18 heavy (non-hydrogen) atoms. The Kier molecular flexibility index (Phi) is 1.96. The van der Waals surface area contributed by atoms with Gasteiger partial charge in [-0.25, -0.2) is 0 Å². The Balaban J connectivity index is 2.13. The van der Waals surface area contributed by atoms with Crippen molar-refractivity contribution in [1.29, 1.82) is 0 Å². The molecule has 0 N–H and O–H groups in total. The van der Waals surface area contributed by atoms with Crippen molar-refractivity contribution in [3.05, 3.63) is 53.8 Å². The number of furan rings is 1. The van der Waals surface area contributed by atoms with Gasteiger partial charge in [-0.2, -0.15) is 0 Å². The van der Waals surface area contributed by atoms with Crippen LogP contribution in [-0.4, -0.2) is 7.85 Å². The fraction of sp³-hybridized carbons (Fsp3) is 0.125. The van der Waals surface area contributed by atoms with Crippen molar-refractivity contribution in [3.8, 4) is 0 Å². The van der Waals surface area contributed by atoms with Crippen molar-refractivity contribution in [1.82, 2.24) is 0 Å². The zero-order valence-electron chi connectivity index (χ0n) is 10.3. The lowest BCUT2D eigenvalue weighted by molar-refractivity contribution is 0.548. The molecule has 0 saturated heterocycles. The predicted octanol–water partition coefficient (Wildman–Crippen LogP) is 3.58. The maximum Gasteiger partial charge on any atom is 0.142 e. The van der Waals surface area contributed by atoms with Gasteiger partial charge in [0.2, 0.25) is 0 Å². The second kappa shape index (κ2) is 3.52. The molecule has 2 heteroatoms. The number of benzene rings is 2. The highest BCUT2D eigenvalue weighted by Gasteiger charge is 2.18. The van der Waals surface area contributed by atoms with Crippen molar-refractivity contribution >= 4 is 35.7 Å². The Hall–Kier alpha value is -1.96. The molecule has 1 aromatic heterocycles. The molecule has 0 bridgehead atoms. The van der Waals surface area contributed by atoms with E-state index < -0.39 is 0 Å². The molecule has 0 spiro atoms. The highest BCUT2D eigenvalue weighted by atomic mass is 16.3. The summed E-state index contributed by atoms with van der Waals surface area (Å²) in [5.41, 5.74) is 2.31. The van der Waals surface area contributed by atoms with Gasteiger partial charge in [0, 0.05) is 22.8 Å². The highest BCUT2D eigenvalue weighted by Crippen LogP contribution is 2.36. The summed E-state index contributed by atoms with van der Waals surface area (Å²) in [5, 5.41) is 3.70. The van der Waals surface area contributed by atoms with Crippen LogP contribution in [-0.2, 0) is 6.42 Å². The number of hydrogen-bond donors (Lipinski definition) is 0. The maximum atomic E-state index is 6.12. The predicted molar refractivity (Wildman–Crippen MR) is 78.8 cm³/mol. The van der Waals surface area contributed by atoms with E-state index in [1.807, 2.05) is 0 Å². The second-order valence-corrected chi connectivity index (χ2v) is 5.14. The van der Waals surface area contributed by atoms with Gasteiger partial charge in [-0.15, -0.1) is 0 Å². The Bertz CT molecular complexity index is 782. The molecule has 1 unspecified atom stereocenters. The van der Waals surface area contributed by atoms with Gasteiger partial charge in [-0.3, -0.25) is 0 Å². The largest absolute Gasteiger partial charge is 0.460 e. The lowest BCUT2D eigenvalue weighted by Crippen LogP contribution is -1.98. The normalized spacial score (nSPS) is 18.3. The summed E-state index contributed by atoms with van der Waals surface area (Å²) >= 11 is 0. The van der Waals surface area contributed by atoms with E-state index in [1.165, 1.54) is 21.7 Å². The molecule has 0 amide bonds. The summed E-state index contributed by atoms with van der Waals surface area (Å²) in [6, 6.07) is 12.8. The number of allylic oxidation sites excluding steroid dienone is 1. The molecule has 1 nitrogen and oxygen atoms in total. The van der Waals surface area contributed by atoms with E-state index >= 15 is 0 Å². The van der Waals surface area contributed by atoms with Gasteiger partial charge in [-0.05, 0) is 17.3 Å². The minimum Gasteiger partial charge on any atom is -0.460 e. The van der Waals surface area contributed by atoms with Gasteiger partial charge in [0.25, 0.3) is 0 Å². The van der Waals surface area contributed by atoms with Gasteiger partial charge < -0.3 is 4.42 Å². The zero-order valence-corrected chi connectivity index (χ0v) is 10.3. The smallest absolute Gasteiger partial charge is 0.142 e. The molecule has 86 valence electrons. The van der Waals surface area contributed by atoms with Crippen LogP contribution in [0.1, 0.15) is 11.3 Å². The van der Waals surface area contributed by atoms with Gasteiger partial charge in [0.15, 0.2) is 0 Å². The molecule has 4 rings (SSSR count). The Morgan fingerprint density at radius 2 is 1.94 bits per heavy atom. The van der Waals surface area contributed by atoms with Gasteiger partial charge in [-0.1, -0.05) is 42.5 Å². The van der Waals surface area contributed by atoms with Crippen molar-refractivity contribution in [3.63, 3.8) is 0 Å². The fourth-order valence-electron chi connectivity index (χ4n) is 2.85. The van der Waals surface area contributed by atoms with Crippen LogP contribution in [0.15, 0.2) is 46.9 Å². The van der Waals surface area contributed by atoms with Crippen molar-refractivity contribution < 1.29 is 4.42 Å². The third-order valence-corrected chi connectivity index (χ3v) is 3.79. The van der Waals surface area contributed by atoms with Crippen LogP contribution in [0.3, 0.4) is 0 Å². The monoisotopic (exact) mass is 232 g/mol. The van der Waals surface area contributed by atoms with E-state index in [4.69, 9.17) is 4.42 Å². The molecule has 3 aromatic rings. The molecular weight excluding hydrogens is 219 g/mol. The second-order valence-electron chi connectivity index (χ2n) is 5.14. The Morgan fingerprint density at radius 1 is 1.06 bits per heavy atom. The number of fused-ring (bicyclic) bond motifs is 5. The SMILES string of the molecule is BC1C=Cc2c(oc3c2ccc2ccccc23)C1. The molecule has 0 radical (unpaired) electrons. The molecule has 0 aliphatic heterocycles. The Labute approximate surface area is 107 Å². The van der Waals surface area contributed by atoms with Crippen LogP contribution >= 0.6 is 0 Å². The van der Waals surface area contributed by atoms with Crippen LogP contribution in [0.25, 0.3) is 27.8 Å². The molecule has 1 heterocycles. The van der Waals surface area contributed by atoms with Crippen LogP contribution < -0.4 is 0 Å². The van der Waals surface area contributed by atoms with E-state index in [1.54, 1.807) is 0 Å². The highest BCUT2D eigenvalue weighted by molar-refractivity contribution is 6.14. The number of hydrogen-bond acceptors (Lipinski definition) is 1. The van der Waals surface area contributed by atoms with Gasteiger partial charge in [0.1, 0.15) is 19.2 Å². The summed E-state index contributed by atoms with van der Waals surface area (Å²) in [4.78, 5) is 0. The molecule has 0 fully saturated rings. The van der Waals surface area contributed by atoms with Crippen LogP contribution in [0, 0.1) is 0 Å². The molecular formula is C16H13BO. The zero-order chi connectivity index (χ0) is 12.1. The summed E-state index contributed by atoms with van der Waals surface area (Å²) < 4.78 is 6.12. The van der Waals surface area contributed by atoms with E-state index in [0.717, 1.165) is 17.8 Å². The molecule has 1 aliphatic carbocycles. The third-order valence-electron chi connectivity index (χ3n) is 3.79. The van der Waals surface area contributed by atoms with E-state index in [-0.39, 0.29) is 0 Å². The maximum absolute atomic E-state index is 6.12. The molecule has 1 atom stereocenters. The average Bonchev–Trinajstić information content (AvgIpc) is 2.76. The van der Waals surface area contributed by atoms with Gasteiger partial charge in [0.05, 0.1) is 0 Å². The first kappa shape index (κ1) is 10.0.